The van der Waals surface area contributed by atoms with Crippen LogP contribution in [0, 0.1) is 0 Å². The number of carbonyl (C=O) groups is 1. The van der Waals surface area contributed by atoms with Crippen LogP contribution in [0.25, 0.3) is 0 Å². The summed E-state index contributed by atoms with van der Waals surface area (Å²) in [6, 6.07) is 0. The standard InChI is InChI=1S/C13H21ClO/c1-10(2)6-5-7-11(3)8-9-13(14)12(4)15/h6,8,13H,5,7,9H2,1-4H3. The van der Waals surface area contributed by atoms with E-state index in [9.17, 15) is 4.79 Å². The molecule has 0 bridgehead atoms. The third kappa shape index (κ3) is 8.44. The van der Waals surface area contributed by atoms with E-state index in [0.717, 1.165) is 12.8 Å². The van der Waals surface area contributed by atoms with Gasteiger partial charge in [0.1, 0.15) is 5.78 Å². The van der Waals surface area contributed by atoms with Crippen LogP contribution in [0.5, 0.6) is 0 Å². The highest BCUT2D eigenvalue weighted by Gasteiger charge is 2.07. The summed E-state index contributed by atoms with van der Waals surface area (Å²) in [7, 11) is 0. The Morgan fingerprint density at radius 1 is 1.20 bits per heavy atom. The molecule has 0 rings (SSSR count). The Hall–Kier alpha value is -0.560. The number of hydrogen-bond donors (Lipinski definition) is 0. The number of hydrogen-bond acceptors (Lipinski definition) is 1. The monoisotopic (exact) mass is 228 g/mol. The van der Waals surface area contributed by atoms with Gasteiger partial charge in [0.05, 0.1) is 5.38 Å². The summed E-state index contributed by atoms with van der Waals surface area (Å²) in [6.45, 7) is 7.82. The molecule has 0 aromatic rings. The molecule has 0 saturated carbocycles. The van der Waals surface area contributed by atoms with Gasteiger partial charge in [-0.1, -0.05) is 23.3 Å². The first-order chi connectivity index (χ1) is 6.93. The minimum Gasteiger partial charge on any atom is -0.298 e. The van der Waals surface area contributed by atoms with E-state index in [1.54, 1.807) is 0 Å². The van der Waals surface area contributed by atoms with E-state index in [4.69, 9.17) is 11.6 Å². The van der Waals surface area contributed by atoms with Crippen LogP contribution in [0.1, 0.15) is 47.0 Å². The smallest absolute Gasteiger partial charge is 0.147 e. The van der Waals surface area contributed by atoms with Crippen LogP contribution in [-0.4, -0.2) is 11.2 Å². The average molecular weight is 229 g/mol. The van der Waals surface area contributed by atoms with Crippen LogP contribution in [0.4, 0.5) is 0 Å². The number of rotatable bonds is 6. The summed E-state index contributed by atoms with van der Waals surface area (Å²) in [4.78, 5) is 10.9. The van der Waals surface area contributed by atoms with Crippen molar-refractivity contribution in [3.05, 3.63) is 23.3 Å². The number of Topliss-reactive ketones (excluding diaryl/α,β-unsaturated/α-hetero) is 1. The molecule has 0 aromatic heterocycles. The van der Waals surface area contributed by atoms with Gasteiger partial charge in [-0.05, 0) is 47.0 Å². The van der Waals surface area contributed by atoms with Gasteiger partial charge in [-0.3, -0.25) is 4.79 Å². The molecule has 0 spiro atoms. The maximum Gasteiger partial charge on any atom is 0.147 e. The van der Waals surface area contributed by atoms with Crippen molar-refractivity contribution in [3.8, 4) is 0 Å². The summed E-state index contributed by atoms with van der Waals surface area (Å²) in [5.41, 5.74) is 2.65. The maximum atomic E-state index is 10.9. The van der Waals surface area contributed by atoms with Gasteiger partial charge < -0.3 is 0 Å². The second-order valence-corrected chi connectivity index (χ2v) is 4.71. The topological polar surface area (TPSA) is 17.1 Å². The Kier molecular flexibility index (Phi) is 7.41. The van der Waals surface area contributed by atoms with Gasteiger partial charge >= 0.3 is 0 Å². The SMILES string of the molecule is CC(=O)C(Cl)CC=C(C)CCC=C(C)C. The first-order valence-corrected chi connectivity index (χ1v) is 5.80. The highest BCUT2D eigenvalue weighted by Crippen LogP contribution is 2.11. The number of ketones is 1. The zero-order valence-corrected chi connectivity index (χ0v) is 10.9. The van der Waals surface area contributed by atoms with Gasteiger partial charge in [-0.2, -0.15) is 0 Å². The third-order valence-corrected chi connectivity index (χ3v) is 2.69. The predicted octanol–water partition coefficient (Wildman–Crippen LogP) is 4.27. The lowest BCUT2D eigenvalue weighted by Crippen LogP contribution is -2.08. The molecule has 15 heavy (non-hydrogen) atoms. The molecule has 0 radical (unpaired) electrons. The highest BCUT2D eigenvalue weighted by atomic mass is 35.5. The number of allylic oxidation sites excluding steroid dienone is 4. The largest absolute Gasteiger partial charge is 0.298 e. The van der Waals surface area contributed by atoms with E-state index in [1.807, 2.05) is 0 Å². The van der Waals surface area contributed by atoms with Gasteiger partial charge in [0.25, 0.3) is 0 Å². The molecule has 0 fully saturated rings. The molecule has 0 aliphatic carbocycles. The molecular formula is C13H21ClO. The number of halogens is 1. The first-order valence-electron chi connectivity index (χ1n) is 5.37. The fourth-order valence-electron chi connectivity index (χ4n) is 1.16. The van der Waals surface area contributed by atoms with Crippen LogP contribution >= 0.6 is 11.6 Å². The first kappa shape index (κ1) is 14.4. The molecule has 0 heterocycles. The van der Waals surface area contributed by atoms with E-state index < -0.39 is 0 Å². The molecule has 1 atom stereocenters. The van der Waals surface area contributed by atoms with Gasteiger partial charge in [-0.25, -0.2) is 0 Å². The van der Waals surface area contributed by atoms with E-state index in [2.05, 4.69) is 32.9 Å². The van der Waals surface area contributed by atoms with Crippen LogP contribution in [0.2, 0.25) is 0 Å². The Morgan fingerprint density at radius 3 is 2.27 bits per heavy atom. The maximum absolute atomic E-state index is 10.9. The summed E-state index contributed by atoms with van der Waals surface area (Å²) < 4.78 is 0. The van der Waals surface area contributed by atoms with Crippen molar-refractivity contribution >= 4 is 17.4 Å². The molecule has 0 aliphatic heterocycles. The van der Waals surface area contributed by atoms with Crippen LogP contribution in [0.3, 0.4) is 0 Å². The van der Waals surface area contributed by atoms with Gasteiger partial charge in [-0.15, -0.1) is 11.6 Å². The molecule has 0 aliphatic rings. The van der Waals surface area contributed by atoms with Gasteiger partial charge in [0.2, 0.25) is 0 Å². The van der Waals surface area contributed by atoms with E-state index in [0.29, 0.717) is 6.42 Å². The second kappa shape index (κ2) is 7.70. The second-order valence-electron chi connectivity index (χ2n) is 4.18. The van der Waals surface area contributed by atoms with Crippen LogP contribution < -0.4 is 0 Å². The molecule has 0 N–H and O–H groups in total. The van der Waals surface area contributed by atoms with Crippen molar-refractivity contribution in [2.24, 2.45) is 0 Å². The molecule has 86 valence electrons. The van der Waals surface area contributed by atoms with Gasteiger partial charge in [0, 0.05) is 0 Å². The average Bonchev–Trinajstić information content (AvgIpc) is 2.13. The quantitative estimate of drug-likeness (QED) is 0.490. The van der Waals surface area contributed by atoms with Crippen molar-refractivity contribution in [2.75, 3.05) is 0 Å². The zero-order chi connectivity index (χ0) is 11.8. The van der Waals surface area contributed by atoms with Crippen molar-refractivity contribution in [1.82, 2.24) is 0 Å². The molecule has 1 unspecified atom stereocenters. The van der Waals surface area contributed by atoms with E-state index in [1.165, 1.54) is 18.1 Å². The highest BCUT2D eigenvalue weighted by molar-refractivity contribution is 6.30. The summed E-state index contributed by atoms with van der Waals surface area (Å²) in [5.74, 6) is 0.0463. The molecular weight excluding hydrogens is 208 g/mol. The normalized spacial score (nSPS) is 13.5. The van der Waals surface area contributed by atoms with Crippen molar-refractivity contribution in [1.29, 1.82) is 0 Å². The third-order valence-electron chi connectivity index (χ3n) is 2.21. The van der Waals surface area contributed by atoms with Gasteiger partial charge in [0.15, 0.2) is 0 Å². The van der Waals surface area contributed by atoms with Crippen LogP contribution in [0.15, 0.2) is 23.3 Å². The summed E-state index contributed by atoms with van der Waals surface area (Å²) in [5, 5.41) is -0.358. The lowest BCUT2D eigenvalue weighted by Gasteiger charge is -2.02. The van der Waals surface area contributed by atoms with Crippen LogP contribution in [-0.2, 0) is 4.79 Å². The van der Waals surface area contributed by atoms with Crippen molar-refractivity contribution < 1.29 is 4.79 Å². The predicted molar refractivity (Wildman–Crippen MR) is 67.4 cm³/mol. The van der Waals surface area contributed by atoms with Crippen molar-refractivity contribution in [2.45, 2.75) is 52.3 Å². The summed E-state index contributed by atoms with van der Waals surface area (Å²) >= 11 is 5.84. The Balaban J connectivity index is 3.89. The fraction of sp³-hybridized carbons (Fsp3) is 0.615. The fourth-order valence-corrected chi connectivity index (χ4v) is 1.25. The number of carbonyl (C=O) groups excluding carboxylic acids is 1. The Bertz CT molecular complexity index is 260. The molecule has 0 aromatic carbocycles. The number of alkyl halides is 1. The molecule has 0 amide bonds. The minimum absolute atomic E-state index is 0.0463. The molecule has 2 heteroatoms. The molecule has 0 saturated heterocycles. The van der Waals surface area contributed by atoms with E-state index >= 15 is 0 Å². The Labute approximate surface area is 98.2 Å². The lowest BCUT2D eigenvalue weighted by molar-refractivity contribution is -0.116. The lowest BCUT2D eigenvalue weighted by atomic mass is 10.1. The van der Waals surface area contributed by atoms with Crippen molar-refractivity contribution in [3.63, 3.8) is 0 Å². The summed E-state index contributed by atoms with van der Waals surface area (Å²) in [6.07, 6.45) is 7.06. The zero-order valence-electron chi connectivity index (χ0n) is 10.1. The Morgan fingerprint density at radius 2 is 1.80 bits per heavy atom. The molecule has 1 nitrogen and oxygen atoms in total. The minimum atomic E-state index is -0.358. The van der Waals surface area contributed by atoms with E-state index in [-0.39, 0.29) is 11.2 Å².